The highest BCUT2D eigenvalue weighted by atomic mass is 16.5. The van der Waals surface area contributed by atoms with Gasteiger partial charge in [-0.3, -0.25) is 0 Å². The minimum absolute atomic E-state index is 0.501. The Labute approximate surface area is 117 Å². The Kier molecular flexibility index (Phi) is 4.21. The number of hydrogen-bond acceptors (Lipinski definition) is 4. The van der Waals surface area contributed by atoms with Crippen molar-refractivity contribution in [2.45, 2.75) is 6.04 Å². The molecule has 1 unspecified atom stereocenters. The smallest absolute Gasteiger partial charge is 0.141 e. The number of nitrogens with zero attached hydrogens (tertiary/aromatic N) is 2. The quantitative estimate of drug-likeness (QED) is 0.919. The van der Waals surface area contributed by atoms with Gasteiger partial charge in [0.25, 0.3) is 0 Å². The van der Waals surface area contributed by atoms with Crippen LogP contribution in [0.25, 0.3) is 0 Å². The highest BCUT2D eigenvalue weighted by Crippen LogP contribution is 2.27. The second-order valence-corrected chi connectivity index (χ2v) is 4.14. The summed E-state index contributed by atoms with van der Waals surface area (Å²) in [5, 5.41) is 21.2. The van der Waals surface area contributed by atoms with Crippen molar-refractivity contribution >= 4 is 5.69 Å². The molecule has 0 aliphatic heterocycles. The lowest BCUT2D eigenvalue weighted by atomic mass is 10.1. The minimum Gasteiger partial charge on any atom is -0.495 e. The van der Waals surface area contributed by atoms with Crippen molar-refractivity contribution in [1.82, 2.24) is 0 Å². The average molecular weight is 263 g/mol. The van der Waals surface area contributed by atoms with Gasteiger partial charge in [0.15, 0.2) is 0 Å². The normalized spacial score (nSPS) is 10.9. The highest BCUT2D eigenvalue weighted by Gasteiger charge is 2.12. The third-order valence-corrected chi connectivity index (χ3v) is 2.91. The van der Waals surface area contributed by atoms with E-state index in [9.17, 15) is 5.26 Å². The molecular weight excluding hydrogens is 250 g/mol. The minimum atomic E-state index is -0.501. The van der Waals surface area contributed by atoms with Crippen molar-refractivity contribution in [3.8, 4) is 17.9 Å². The van der Waals surface area contributed by atoms with E-state index in [-0.39, 0.29) is 0 Å². The topological polar surface area (TPSA) is 68.8 Å². The molecule has 98 valence electrons. The van der Waals surface area contributed by atoms with Crippen molar-refractivity contribution in [3.05, 3.63) is 59.7 Å². The molecule has 0 fully saturated rings. The van der Waals surface area contributed by atoms with Gasteiger partial charge in [0.2, 0.25) is 0 Å². The monoisotopic (exact) mass is 263 g/mol. The van der Waals surface area contributed by atoms with Crippen LogP contribution in [0.3, 0.4) is 0 Å². The maximum Gasteiger partial charge on any atom is 0.141 e. The Balaban J connectivity index is 2.25. The molecule has 0 saturated carbocycles. The molecule has 0 aliphatic rings. The van der Waals surface area contributed by atoms with Gasteiger partial charge in [-0.05, 0) is 29.8 Å². The van der Waals surface area contributed by atoms with E-state index in [0.29, 0.717) is 11.3 Å². The Morgan fingerprint density at radius 3 is 2.35 bits per heavy atom. The van der Waals surface area contributed by atoms with Crippen LogP contribution in [0.4, 0.5) is 5.69 Å². The highest BCUT2D eigenvalue weighted by molar-refractivity contribution is 5.58. The number of nitrogens with one attached hydrogen (secondary N) is 1. The summed E-state index contributed by atoms with van der Waals surface area (Å²) in [6.07, 6.45) is 0. The molecule has 1 N–H and O–H groups in total. The molecule has 0 aromatic heterocycles. The molecular formula is C16H13N3O. The lowest BCUT2D eigenvalue weighted by Crippen LogP contribution is -2.09. The zero-order chi connectivity index (χ0) is 14.4. The lowest BCUT2D eigenvalue weighted by Gasteiger charge is -2.15. The molecule has 1 atom stereocenters. The van der Waals surface area contributed by atoms with Crippen LogP contribution in [0.15, 0.2) is 48.5 Å². The van der Waals surface area contributed by atoms with Crippen LogP contribution >= 0.6 is 0 Å². The van der Waals surface area contributed by atoms with Crippen LogP contribution in [0.2, 0.25) is 0 Å². The average Bonchev–Trinajstić information content (AvgIpc) is 2.53. The van der Waals surface area contributed by atoms with E-state index in [4.69, 9.17) is 10.00 Å². The number of rotatable bonds is 4. The van der Waals surface area contributed by atoms with Gasteiger partial charge in [0.05, 0.1) is 30.5 Å². The predicted molar refractivity (Wildman–Crippen MR) is 76.1 cm³/mol. The molecule has 0 bridgehead atoms. The van der Waals surface area contributed by atoms with Crippen molar-refractivity contribution in [1.29, 1.82) is 10.5 Å². The van der Waals surface area contributed by atoms with Crippen LogP contribution in [0, 0.1) is 22.7 Å². The Morgan fingerprint density at radius 2 is 1.75 bits per heavy atom. The maximum absolute atomic E-state index is 9.31. The molecule has 2 rings (SSSR count). The van der Waals surface area contributed by atoms with Gasteiger partial charge in [-0.2, -0.15) is 10.5 Å². The molecule has 4 heteroatoms. The van der Waals surface area contributed by atoms with Gasteiger partial charge in [-0.1, -0.05) is 24.3 Å². The maximum atomic E-state index is 9.31. The summed E-state index contributed by atoms with van der Waals surface area (Å²) in [4.78, 5) is 0. The molecule has 0 heterocycles. The molecule has 0 amide bonds. The SMILES string of the molecule is COc1ccccc1NC(C#N)c1ccc(C#N)cc1. The molecule has 2 aromatic rings. The summed E-state index contributed by atoms with van der Waals surface area (Å²) in [6.45, 7) is 0. The van der Waals surface area contributed by atoms with Crippen LogP contribution < -0.4 is 10.1 Å². The number of para-hydroxylation sites is 2. The van der Waals surface area contributed by atoms with Crippen LogP contribution in [-0.4, -0.2) is 7.11 Å². The lowest BCUT2D eigenvalue weighted by molar-refractivity contribution is 0.416. The number of anilines is 1. The summed E-state index contributed by atoms with van der Waals surface area (Å²) >= 11 is 0. The van der Waals surface area contributed by atoms with Crippen molar-refractivity contribution in [2.75, 3.05) is 12.4 Å². The van der Waals surface area contributed by atoms with Crippen molar-refractivity contribution in [3.63, 3.8) is 0 Å². The summed E-state index contributed by atoms with van der Waals surface area (Å²) in [5.74, 6) is 0.682. The first-order chi connectivity index (χ1) is 9.78. The fourth-order valence-electron chi connectivity index (χ4n) is 1.86. The first kappa shape index (κ1) is 13.5. The number of ether oxygens (including phenoxy) is 1. The number of methoxy groups -OCH3 is 1. The second-order valence-electron chi connectivity index (χ2n) is 4.14. The molecule has 20 heavy (non-hydrogen) atoms. The Hall–Kier alpha value is -2.98. The van der Waals surface area contributed by atoms with Gasteiger partial charge in [-0.25, -0.2) is 0 Å². The largest absolute Gasteiger partial charge is 0.495 e. The van der Waals surface area contributed by atoms with E-state index in [2.05, 4.69) is 17.5 Å². The summed E-state index contributed by atoms with van der Waals surface area (Å²) < 4.78 is 5.25. The fourth-order valence-corrected chi connectivity index (χ4v) is 1.86. The Bertz CT molecular complexity index is 665. The van der Waals surface area contributed by atoms with Gasteiger partial charge >= 0.3 is 0 Å². The summed E-state index contributed by atoms with van der Waals surface area (Å²) in [6, 6.07) is 18.1. The Morgan fingerprint density at radius 1 is 1.05 bits per heavy atom. The number of nitriles is 2. The van der Waals surface area contributed by atoms with Gasteiger partial charge in [-0.15, -0.1) is 0 Å². The first-order valence-electron chi connectivity index (χ1n) is 6.07. The van der Waals surface area contributed by atoms with E-state index in [1.807, 2.05) is 24.3 Å². The van der Waals surface area contributed by atoms with Gasteiger partial charge in [0, 0.05) is 0 Å². The van der Waals surface area contributed by atoms with E-state index in [0.717, 1.165) is 11.3 Å². The summed E-state index contributed by atoms with van der Waals surface area (Å²) in [5.41, 5.74) is 2.13. The molecule has 4 nitrogen and oxygen atoms in total. The van der Waals surface area contributed by atoms with Crippen LogP contribution in [0.1, 0.15) is 17.2 Å². The molecule has 2 aromatic carbocycles. The third-order valence-electron chi connectivity index (χ3n) is 2.91. The van der Waals surface area contributed by atoms with Crippen LogP contribution in [0.5, 0.6) is 5.75 Å². The van der Waals surface area contributed by atoms with E-state index in [1.54, 1.807) is 31.4 Å². The van der Waals surface area contributed by atoms with Crippen molar-refractivity contribution in [2.24, 2.45) is 0 Å². The molecule has 0 radical (unpaired) electrons. The van der Waals surface area contributed by atoms with Gasteiger partial charge in [0.1, 0.15) is 11.8 Å². The molecule has 0 aliphatic carbocycles. The standard InChI is InChI=1S/C16H13N3O/c1-20-16-5-3-2-4-14(16)19-15(11-18)13-8-6-12(10-17)7-9-13/h2-9,15,19H,1H3. The fraction of sp³-hybridized carbons (Fsp3) is 0.125. The first-order valence-corrected chi connectivity index (χ1v) is 6.07. The number of hydrogen-bond donors (Lipinski definition) is 1. The third kappa shape index (κ3) is 2.88. The summed E-state index contributed by atoms with van der Waals surface area (Å²) in [7, 11) is 1.59. The van der Waals surface area contributed by atoms with Crippen LogP contribution in [-0.2, 0) is 0 Å². The van der Waals surface area contributed by atoms with E-state index in [1.165, 1.54) is 0 Å². The van der Waals surface area contributed by atoms with E-state index < -0.39 is 6.04 Å². The second kappa shape index (κ2) is 6.26. The predicted octanol–water partition coefficient (Wildman–Crippen LogP) is 3.24. The van der Waals surface area contributed by atoms with Crippen molar-refractivity contribution < 1.29 is 4.74 Å². The van der Waals surface area contributed by atoms with E-state index >= 15 is 0 Å². The zero-order valence-electron chi connectivity index (χ0n) is 11.0. The van der Waals surface area contributed by atoms with Gasteiger partial charge < -0.3 is 10.1 Å². The molecule has 0 saturated heterocycles. The zero-order valence-corrected chi connectivity index (χ0v) is 11.0. The number of benzene rings is 2. The molecule has 0 spiro atoms.